The van der Waals surface area contributed by atoms with E-state index in [2.05, 4.69) is 4.90 Å². The predicted octanol–water partition coefficient (Wildman–Crippen LogP) is 4.39. The third-order valence-corrected chi connectivity index (χ3v) is 5.87. The number of halogens is 1. The van der Waals surface area contributed by atoms with Gasteiger partial charge < -0.3 is 10.0 Å². The summed E-state index contributed by atoms with van der Waals surface area (Å²) >= 11 is 0. The topological polar surface area (TPSA) is 23.5 Å². The van der Waals surface area contributed by atoms with Crippen LogP contribution in [0.1, 0.15) is 62.5 Å². The average Bonchev–Trinajstić information content (AvgIpc) is 3.03. The van der Waals surface area contributed by atoms with Gasteiger partial charge in [-0.2, -0.15) is 0 Å². The van der Waals surface area contributed by atoms with Crippen molar-refractivity contribution in [3.8, 4) is 0 Å². The van der Waals surface area contributed by atoms with E-state index in [1.165, 1.54) is 38.2 Å². The van der Waals surface area contributed by atoms with Crippen molar-refractivity contribution in [1.29, 1.82) is 0 Å². The highest BCUT2D eigenvalue weighted by atomic mass is 19.1. The Labute approximate surface area is 139 Å². The molecular weight excluding hydrogens is 289 g/mol. The van der Waals surface area contributed by atoms with Crippen molar-refractivity contribution in [2.45, 2.75) is 63.9 Å². The molecule has 0 spiro atoms. The minimum Gasteiger partial charge on any atom is -0.385 e. The zero-order valence-electron chi connectivity index (χ0n) is 14.4. The summed E-state index contributed by atoms with van der Waals surface area (Å²) in [6.45, 7) is 5.09. The van der Waals surface area contributed by atoms with Crippen LogP contribution in [0.2, 0.25) is 0 Å². The fourth-order valence-electron chi connectivity index (χ4n) is 4.39. The van der Waals surface area contributed by atoms with Gasteiger partial charge in [0, 0.05) is 12.5 Å². The van der Waals surface area contributed by atoms with Crippen LogP contribution in [-0.4, -0.2) is 29.6 Å². The molecule has 23 heavy (non-hydrogen) atoms. The number of likely N-dealkylation sites (tertiary alicyclic amines) is 1. The highest BCUT2D eigenvalue weighted by Crippen LogP contribution is 2.41. The van der Waals surface area contributed by atoms with E-state index in [4.69, 9.17) is 0 Å². The van der Waals surface area contributed by atoms with Gasteiger partial charge in [-0.05, 0) is 62.9 Å². The molecule has 2 unspecified atom stereocenters. The molecule has 2 atom stereocenters. The molecule has 3 heteroatoms. The molecule has 1 N–H and O–H groups in total. The maximum absolute atomic E-state index is 13.7. The van der Waals surface area contributed by atoms with E-state index in [0.29, 0.717) is 5.56 Å². The van der Waals surface area contributed by atoms with Gasteiger partial charge in [-0.25, -0.2) is 4.39 Å². The normalized spacial score (nSPS) is 30.1. The van der Waals surface area contributed by atoms with E-state index in [1.54, 1.807) is 13.0 Å². The van der Waals surface area contributed by atoms with Gasteiger partial charge in [-0.3, -0.25) is 0 Å². The monoisotopic (exact) mass is 319 g/mol. The van der Waals surface area contributed by atoms with Gasteiger partial charge in [0.25, 0.3) is 0 Å². The third-order valence-electron chi connectivity index (χ3n) is 5.87. The van der Waals surface area contributed by atoms with Crippen LogP contribution in [0.15, 0.2) is 18.2 Å². The van der Waals surface area contributed by atoms with Gasteiger partial charge in [-0.15, -0.1) is 0 Å². The van der Waals surface area contributed by atoms with E-state index < -0.39 is 5.60 Å². The molecule has 2 fully saturated rings. The number of rotatable bonds is 3. The van der Waals surface area contributed by atoms with Gasteiger partial charge in [-0.1, -0.05) is 37.8 Å². The Hall–Kier alpha value is -0.930. The van der Waals surface area contributed by atoms with Crippen LogP contribution in [0, 0.1) is 18.7 Å². The summed E-state index contributed by atoms with van der Waals surface area (Å²) in [6.07, 6.45) is 9.15. The first-order valence-electron chi connectivity index (χ1n) is 9.31. The van der Waals surface area contributed by atoms with Crippen LogP contribution in [0.5, 0.6) is 0 Å². The first-order valence-corrected chi connectivity index (χ1v) is 9.31. The summed E-state index contributed by atoms with van der Waals surface area (Å²) in [5.41, 5.74) is 0.752. The van der Waals surface area contributed by atoms with E-state index in [1.807, 2.05) is 6.07 Å². The largest absolute Gasteiger partial charge is 0.385 e. The van der Waals surface area contributed by atoms with Crippen LogP contribution in [-0.2, 0) is 5.60 Å². The van der Waals surface area contributed by atoms with Crippen LogP contribution < -0.4 is 0 Å². The molecule has 0 radical (unpaired) electrons. The molecular formula is C20H30FNO. The maximum atomic E-state index is 13.7. The van der Waals surface area contributed by atoms with E-state index in [0.717, 1.165) is 44.5 Å². The lowest BCUT2D eigenvalue weighted by Gasteiger charge is -2.40. The molecule has 2 nitrogen and oxygen atoms in total. The third kappa shape index (κ3) is 3.77. The minimum atomic E-state index is -0.804. The van der Waals surface area contributed by atoms with Crippen LogP contribution in [0.3, 0.4) is 0 Å². The Bertz CT molecular complexity index is 526. The second kappa shape index (κ2) is 7.31. The number of benzene rings is 1. The van der Waals surface area contributed by atoms with Crippen molar-refractivity contribution in [3.63, 3.8) is 0 Å². The predicted molar refractivity (Wildman–Crippen MR) is 91.9 cm³/mol. The highest BCUT2D eigenvalue weighted by Gasteiger charge is 2.39. The van der Waals surface area contributed by atoms with Gasteiger partial charge in [0.1, 0.15) is 5.82 Å². The highest BCUT2D eigenvalue weighted by molar-refractivity contribution is 5.29. The van der Waals surface area contributed by atoms with E-state index in [9.17, 15) is 9.50 Å². The van der Waals surface area contributed by atoms with Gasteiger partial charge in [0.15, 0.2) is 0 Å². The van der Waals surface area contributed by atoms with Crippen molar-refractivity contribution in [1.82, 2.24) is 4.90 Å². The van der Waals surface area contributed by atoms with Gasteiger partial charge >= 0.3 is 0 Å². The fourth-order valence-corrected chi connectivity index (χ4v) is 4.39. The smallest absolute Gasteiger partial charge is 0.126 e. The van der Waals surface area contributed by atoms with Crippen molar-refractivity contribution < 1.29 is 9.50 Å². The molecule has 1 saturated carbocycles. The van der Waals surface area contributed by atoms with E-state index in [-0.39, 0.29) is 11.7 Å². The molecule has 0 bridgehead atoms. The molecule has 1 aliphatic heterocycles. The second-order valence-electron chi connectivity index (χ2n) is 7.55. The summed E-state index contributed by atoms with van der Waals surface area (Å²) < 4.78 is 13.7. The minimum absolute atomic E-state index is 0.181. The molecule has 3 rings (SSSR count). The molecule has 1 aliphatic carbocycles. The van der Waals surface area contributed by atoms with Crippen LogP contribution in [0.25, 0.3) is 0 Å². The summed E-state index contributed by atoms with van der Waals surface area (Å²) in [6, 6.07) is 5.20. The van der Waals surface area contributed by atoms with Crippen molar-refractivity contribution in [2.75, 3.05) is 19.6 Å². The number of nitrogens with zero attached hydrogens (tertiary/aromatic N) is 1. The lowest BCUT2D eigenvalue weighted by molar-refractivity contribution is -0.0525. The Morgan fingerprint density at radius 1 is 1.13 bits per heavy atom. The quantitative estimate of drug-likeness (QED) is 0.893. The fraction of sp³-hybridized carbons (Fsp3) is 0.700. The summed E-state index contributed by atoms with van der Waals surface area (Å²) in [4.78, 5) is 2.51. The van der Waals surface area contributed by atoms with Crippen LogP contribution >= 0.6 is 0 Å². The zero-order valence-corrected chi connectivity index (χ0v) is 14.4. The zero-order chi connectivity index (χ0) is 16.3. The molecule has 1 heterocycles. The van der Waals surface area contributed by atoms with Gasteiger partial charge in [0.05, 0.1) is 5.60 Å². The van der Waals surface area contributed by atoms with Gasteiger partial charge in [0.2, 0.25) is 0 Å². The first-order chi connectivity index (χ1) is 11.1. The van der Waals surface area contributed by atoms with Crippen molar-refractivity contribution >= 4 is 0 Å². The van der Waals surface area contributed by atoms with Crippen molar-refractivity contribution in [2.24, 2.45) is 5.92 Å². The lowest BCUT2D eigenvalue weighted by Crippen LogP contribution is -2.42. The van der Waals surface area contributed by atoms with E-state index >= 15 is 0 Å². The number of aliphatic hydroxyl groups is 1. The summed E-state index contributed by atoms with van der Waals surface area (Å²) in [5.74, 6) is 0.0741. The Morgan fingerprint density at radius 3 is 2.61 bits per heavy atom. The SMILES string of the molecule is Cc1cc(C2(O)CCCCCCC2CN2CCCC2)ccc1F. The Balaban J connectivity index is 1.88. The lowest BCUT2D eigenvalue weighted by atomic mass is 9.73. The second-order valence-corrected chi connectivity index (χ2v) is 7.55. The molecule has 0 aromatic heterocycles. The molecule has 1 saturated heterocycles. The maximum Gasteiger partial charge on any atom is 0.126 e. The number of hydrogen-bond acceptors (Lipinski definition) is 2. The molecule has 1 aromatic carbocycles. The Morgan fingerprint density at radius 2 is 1.87 bits per heavy atom. The van der Waals surface area contributed by atoms with Crippen molar-refractivity contribution in [3.05, 3.63) is 35.1 Å². The Kier molecular flexibility index (Phi) is 5.38. The first kappa shape index (κ1) is 16.9. The molecule has 2 aliphatic rings. The standard InChI is InChI=1S/C20H30FNO/c1-16-14-17(9-10-19(16)21)20(23)11-5-3-2-4-8-18(20)15-22-12-6-7-13-22/h9-10,14,18,23H,2-8,11-13,15H2,1H3. The molecule has 0 amide bonds. The summed E-state index contributed by atoms with van der Waals surface area (Å²) in [7, 11) is 0. The number of aryl methyl sites for hydroxylation is 1. The molecule has 1 aromatic rings. The average molecular weight is 319 g/mol. The summed E-state index contributed by atoms with van der Waals surface area (Å²) in [5, 5.41) is 11.6. The van der Waals surface area contributed by atoms with Crippen LogP contribution in [0.4, 0.5) is 4.39 Å². The number of hydrogen-bond donors (Lipinski definition) is 1. The molecule has 128 valence electrons.